The molecule has 1 saturated heterocycles. The third-order valence-corrected chi connectivity index (χ3v) is 5.51. The summed E-state index contributed by atoms with van der Waals surface area (Å²) in [4.78, 5) is -0.264. The van der Waals surface area contributed by atoms with Gasteiger partial charge in [0.15, 0.2) is 0 Å². The van der Waals surface area contributed by atoms with E-state index >= 15 is 0 Å². The Hall–Kier alpha value is -0.980. The first-order chi connectivity index (χ1) is 8.96. The zero-order valence-electron chi connectivity index (χ0n) is 11.0. The number of hydrogen-bond acceptors (Lipinski definition) is 3. The molecule has 2 rings (SSSR count). The van der Waals surface area contributed by atoms with Gasteiger partial charge in [0.1, 0.15) is 10.7 Å². The van der Waals surface area contributed by atoms with Gasteiger partial charge in [-0.2, -0.15) is 4.31 Å². The second kappa shape index (κ2) is 5.56. The summed E-state index contributed by atoms with van der Waals surface area (Å²) in [5.74, 6) is -0.410. The predicted molar refractivity (Wildman–Crippen MR) is 69.7 cm³/mol. The third-order valence-electron chi connectivity index (χ3n) is 3.61. The lowest BCUT2D eigenvalue weighted by Crippen LogP contribution is -2.46. The summed E-state index contributed by atoms with van der Waals surface area (Å²) >= 11 is 0. The largest absolute Gasteiger partial charge is 0.380 e. The molecule has 0 bridgehead atoms. The van der Waals surface area contributed by atoms with Gasteiger partial charge in [0, 0.05) is 20.2 Å². The van der Waals surface area contributed by atoms with Crippen LogP contribution in [0.15, 0.2) is 29.2 Å². The van der Waals surface area contributed by atoms with Gasteiger partial charge >= 0.3 is 0 Å². The van der Waals surface area contributed by atoms with Crippen molar-refractivity contribution >= 4 is 10.0 Å². The van der Waals surface area contributed by atoms with E-state index < -0.39 is 15.8 Å². The summed E-state index contributed by atoms with van der Waals surface area (Å²) in [7, 11) is -2.21. The molecule has 1 fully saturated rings. The van der Waals surface area contributed by atoms with Crippen LogP contribution in [0, 0.1) is 11.7 Å². The van der Waals surface area contributed by atoms with Gasteiger partial charge in [-0.25, -0.2) is 12.8 Å². The van der Waals surface area contributed by atoms with Crippen molar-refractivity contribution in [2.24, 2.45) is 5.92 Å². The number of ether oxygens (including phenoxy) is 1. The first kappa shape index (κ1) is 14.4. The second-order valence-electron chi connectivity index (χ2n) is 4.83. The fraction of sp³-hybridized carbons (Fsp3) is 0.538. The fourth-order valence-corrected chi connectivity index (χ4v) is 3.86. The molecular weight excluding hydrogens is 269 g/mol. The zero-order valence-corrected chi connectivity index (χ0v) is 11.9. The lowest BCUT2D eigenvalue weighted by atomic mass is 9.97. The highest BCUT2D eigenvalue weighted by molar-refractivity contribution is 7.89. The van der Waals surface area contributed by atoms with Crippen LogP contribution in [0.3, 0.4) is 0 Å². The van der Waals surface area contributed by atoms with E-state index in [0.717, 1.165) is 6.07 Å². The Bertz CT molecular complexity index is 547. The fourth-order valence-electron chi connectivity index (χ4n) is 2.32. The summed E-state index contributed by atoms with van der Waals surface area (Å²) in [6.07, 6.45) is 0.571. The van der Waals surface area contributed by atoms with Crippen molar-refractivity contribution in [1.29, 1.82) is 0 Å². The van der Waals surface area contributed by atoms with E-state index in [4.69, 9.17) is 4.74 Å². The van der Waals surface area contributed by atoms with Crippen molar-refractivity contribution in [3.63, 3.8) is 0 Å². The molecule has 106 valence electrons. The first-order valence-electron chi connectivity index (χ1n) is 6.24. The maximum atomic E-state index is 13.7. The van der Waals surface area contributed by atoms with Crippen LogP contribution in [0.4, 0.5) is 4.39 Å². The highest BCUT2D eigenvalue weighted by atomic mass is 32.2. The zero-order chi connectivity index (χ0) is 14.0. The molecule has 0 radical (unpaired) electrons. The molecule has 0 aliphatic carbocycles. The number of sulfonamides is 1. The smallest absolute Gasteiger partial charge is 0.246 e. The van der Waals surface area contributed by atoms with Gasteiger partial charge < -0.3 is 4.74 Å². The molecule has 0 N–H and O–H groups in total. The molecule has 0 spiro atoms. The van der Waals surface area contributed by atoms with Crippen molar-refractivity contribution in [1.82, 2.24) is 4.31 Å². The van der Waals surface area contributed by atoms with Crippen molar-refractivity contribution in [3.05, 3.63) is 30.1 Å². The van der Waals surface area contributed by atoms with Gasteiger partial charge in [-0.05, 0) is 24.5 Å². The average Bonchev–Trinajstić information content (AvgIpc) is 2.39. The second-order valence-corrected chi connectivity index (χ2v) is 6.74. The Morgan fingerprint density at radius 1 is 1.37 bits per heavy atom. The number of hydrogen-bond donors (Lipinski definition) is 0. The predicted octanol–water partition coefficient (Wildman–Crippen LogP) is 1.87. The van der Waals surface area contributed by atoms with Crippen molar-refractivity contribution in [2.45, 2.75) is 24.3 Å². The normalized spacial score (nSPS) is 25.4. The highest BCUT2D eigenvalue weighted by Gasteiger charge is 2.34. The molecule has 0 aromatic heterocycles. The third kappa shape index (κ3) is 2.80. The van der Waals surface area contributed by atoms with E-state index in [1.165, 1.54) is 22.5 Å². The van der Waals surface area contributed by atoms with Crippen LogP contribution in [0.25, 0.3) is 0 Å². The first-order valence-corrected chi connectivity index (χ1v) is 7.68. The molecule has 2 atom stereocenters. The number of piperidine rings is 1. The van der Waals surface area contributed by atoms with Crippen molar-refractivity contribution < 1.29 is 17.5 Å². The minimum Gasteiger partial charge on any atom is -0.380 e. The molecule has 2 unspecified atom stereocenters. The minimum absolute atomic E-state index is 0.143. The summed E-state index contributed by atoms with van der Waals surface area (Å²) in [6.45, 7) is 2.70. The van der Waals surface area contributed by atoms with E-state index in [9.17, 15) is 12.8 Å². The van der Waals surface area contributed by atoms with Crippen LogP contribution in [0.5, 0.6) is 0 Å². The SMILES string of the molecule is COC1CN(S(=O)(=O)c2ccccc2F)CCC1C. The van der Waals surface area contributed by atoms with Crippen molar-refractivity contribution in [3.8, 4) is 0 Å². The number of rotatable bonds is 3. The summed E-state index contributed by atoms with van der Waals surface area (Å²) in [5, 5.41) is 0. The van der Waals surface area contributed by atoms with E-state index in [1.54, 1.807) is 7.11 Å². The average molecular weight is 287 g/mol. The lowest BCUT2D eigenvalue weighted by molar-refractivity contribution is 0.0183. The lowest BCUT2D eigenvalue weighted by Gasteiger charge is -2.35. The Morgan fingerprint density at radius 3 is 2.68 bits per heavy atom. The van der Waals surface area contributed by atoms with Gasteiger partial charge in [0.05, 0.1) is 6.10 Å². The molecule has 6 heteroatoms. The van der Waals surface area contributed by atoms with E-state index in [2.05, 4.69) is 0 Å². The monoisotopic (exact) mass is 287 g/mol. The Kier molecular flexibility index (Phi) is 4.23. The van der Waals surface area contributed by atoms with E-state index in [-0.39, 0.29) is 17.5 Å². The molecular formula is C13H18FNO3S. The molecule has 0 amide bonds. The van der Waals surface area contributed by atoms with Crippen LogP contribution in [-0.4, -0.2) is 39.0 Å². The van der Waals surface area contributed by atoms with Gasteiger partial charge in [-0.1, -0.05) is 19.1 Å². The topological polar surface area (TPSA) is 46.6 Å². The quantitative estimate of drug-likeness (QED) is 0.852. The number of methoxy groups -OCH3 is 1. The van der Waals surface area contributed by atoms with Gasteiger partial charge in [-0.15, -0.1) is 0 Å². The Balaban J connectivity index is 2.28. The molecule has 1 aromatic rings. The van der Waals surface area contributed by atoms with Gasteiger partial charge in [0.25, 0.3) is 0 Å². The summed E-state index contributed by atoms with van der Waals surface area (Å²) in [6, 6.07) is 5.46. The molecule has 0 saturated carbocycles. The van der Waals surface area contributed by atoms with Crippen LogP contribution in [0.1, 0.15) is 13.3 Å². The highest BCUT2D eigenvalue weighted by Crippen LogP contribution is 2.26. The Labute approximate surface area is 113 Å². The minimum atomic E-state index is -3.78. The van der Waals surface area contributed by atoms with Gasteiger partial charge in [0.2, 0.25) is 10.0 Å². The van der Waals surface area contributed by atoms with Gasteiger partial charge in [-0.3, -0.25) is 0 Å². The van der Waals surface area contributed by atoms with E-state index in [0.29, 0.717) is 18.9 Å². The summed E-state index contributed by atoms with van der Waals surface area (Å²) < 4.78 is 45.1. The standard InChI is InChI=1S/C13H18FNO3S/c1-10-7-8-15(9-12(10)18-2)19(16,17)13-6-4-3-5-11(13)14/h3-6,10,12H,7-9H2,1-2H3. The van der Waals surface area contributed by atoms with Crippen LogP contribution >= 0.6 is 0 Å². The molecule has 1 aromatic carbocycles. The van der Waals surface area contributed by atoms with Crippen LogP contribution in [-0.2, 0) is 14.8 Å². The van der Waals surface area contributed by atoms with Crippen LogP contribution < -0.4 is 0 Å². The molecule has 1 aliphatic rings. The summed E-state index contributed by atoms with van der Waals surface area (Å²) in [5.41, 5.74) is 0. The van der Waals surface area contributed by atoms with Crippen LogP contribution in [0.2, 0.25) is 0 Å². The molecule has 19 heavy (non-hydrogen) atoms. The maximum absolute atomic E-state index is 13.7. The number of nitrogens with zero attached hydrogens (tertiary/aromatic N) is 1. The molecule has 4 nitrogen and oxygen atoms in total. The molecule has 1 heterocycles. The van der Waals surface area contributed by atoms with E-state index in [1.807, 2.05) is 6.92 Å². The molecule has 1 aliphatic heterocycles. The number of halogens is 1. The van der Waals surface area contributed by atoms with Crippen molar-refractivity contribution in [2.75, 3.05) is 20.2 Å². The maximum Gasteiger partial charge on any atom is 0.246 e. The Morgan fingerprint density at radius 2 is 2.05 bits per heavy atom. The number of benzene rings is 1.